The number of aromatic nitrogens is 2. The van der Waals surface area contributed by atoms with Crippen LogP contribution in [0, 0.1) is 26.7 Å². The van der Waals surface area contributed by atoms with E-state index in [9.17, 15) is 9.59 Å². The van der Waals surface area contributed by atoms with Crippen molar-refractivity contribution in [3.8, 4) is 0 Å². The Morgan fingerprint density at radius 3 is 2.80 bits per heavy atom. The Morgan fingerprint density at radius 2 is 2.08 bits per heavy atom. The van der Waals surface area contributed by atoms with Crippen molar-refractivity contribution in [2.75, 3.05) is 18.8 Å². The molecule has 0 bridgehead atoms. The lowest BCUT2D eigenvalue weighted by atomic mass is 9.97. The van der Waals surface area contributed by atoms with Gasteiger partial charge in [-0.3, -0.25) is 9.59 Å². The molecule has 1 aliphatic rings. The zero-order valence-electron chi connectivity index (χ0n) is 14.7. The highest BCUT2D eigenvalue weighted by Crippen LogP contribution is 2.35. The number of carbonyl (C=O) groups excluding carboxylic acids is 2. The average Bonchev–Trinajstić information content (AvgIpc) is 2.86. The molecule has 2 amide bonds. The van der Waals surface area contributed by atoms with E-state index in [1.165, 1.54) is 22.2 Å². The molecule has 0 aromatic carbocycles. The number of rotatable bonds is 4. The van der Waals surface area contributed by atoms with Gasteiger partial charge in [0.05, 0.1) is 11.7 Å². The molecule has 0 aliphatic carbocycles. The second kappa shape index (κ2) is 7.29. The van der Waals surface area contributed by atoms with E-state index in [0.717, 1.165) is 33.9 Å². The van der Waals surface area contributed by atoms with Crippen LogP contribution in [-0.4, -0.2) is 45.5 Å². The number of piperidine rings is 1. The highest BCUT2D eigenvalue weighted by Gasteiger charge is 2.27. The van der Waals surface area contributed by atoms with E-state index in [1.807, 2.05) is 6.92 Å². The van der Waals surface area contributed by atoms with Gasteiger partial charge in [-0.1, -0.05) is 11.8 Å². The van der Waals surface area contributed by atoms with Crippen LogP contribution in [0.2, 0.25) is 0 Å². The second-order valence-electron chi connectivity index (χ2n) is 6.41. The number of amides is 2. The zero-order chi connectivity index (χ0) is 18.1. The molecular formula is C17H22N4O2S2. The second-order valence-corrected chi connectivity index (χ2v) is 8.58. The summed E-state index contributed by atoms with van der Waals surface area (Å²) in [5.41, 5.74) is 6.58. The Kier molecular flexibility index (Phi) is 5.29. The first kappa shape index (κ1) is 18.1. The minimum atomic E-state index is -0.317. The maximum absolute atomic E-state index is 12.6. The lowest BCUT2D eigenvalue weighted by Crippen LogP contribution is -2.44. The topological polar surface area (TPSA) is 89.2 Å². The van der Waals surface area contributed by atoms with Gasteiger partial charge in [-0.15, -0.1) is 11.3 Å². The Morgan fingerprint density at radius 1 is 1.32 bits per heavy atom. The highest BCUT2D eigenvalue weighted by molar-refractivity contribution is 8.00. The van der Waals surface area contributed by atoms with Crippen molar-refractivity contribution < 1.29 is 9.59 Å². The molecule has 25 heavy (non-hydrogen) atoms. The lowest BCUT2D eigenvalue weighted by Gasteiger charge is -2.31. The SMILES string of the molecule is Cc1nc(SCC(=O)N2CCCC(C(N)=O)C2)c2c(C)c(C)sc2n1. The number of likely N-dealkylation sites (tertiary alicyclic amines) is 1. The fraction of sp³-hybridized carbons (Fsp3) is 0.529. The van der Waals surface area contributed by atoms with Gasteiger partial charge < -0.3 is 10.6 Å². The summed E-state index contributed by atoms with van der Waals surface area (Å²) in [6, 6.07) is 0. The molecule has 0 radical (unpaired) electrons. The van der Waals surface area contributed by atoms with Gasteiger partial charge in [0.2, 0.25) is 11.8 Å². The summed E-state index contributed by atoms with van der Waals surface area (Å²) < 4.78 is 0. The molecule has 2 aromatic rings. The Hall–Kier alpha value is -1.67. The van der Waals surface area contributed by atoms with Crippen molar-refractivity contribution in [2.45, 2.75) is 38.6 Å². The van der Waals surface area contributed by atoms with Gasteiger partial charge in [-0.25, -0.2) is 9.97 Å². The molecule has 134 valence electrons. The maximum Gasteiger partial charge on any atom is 0.233 e. The predicted octanol–water partition coefficient (Wildman–Crippen LogP) is 2.43. The minimum absolute atomic E-state index is 0.0324. The van der Waals surface area contributed by atoms with E-state index in [4.69, 9.17) is 5.73 Å². The van der Waals surface area contributed by atoms with Crippen molar-refractivity contribution in [3.63, 3.8) is 0 Å². The fourth-order valence-electron chi connectivity index (χ4n) is 3.08. The minimum Gasteiger partial charge on any atom is -0.369 e. The smallest absolute Gasteiger partial charge is 0.233 e. The van der Waals surface area contributed by atoms with Crippen molar-refractivity contribution in [2.24, 2.45) is 11.7 Å². The third kappa shape index (κ3) is 3.79. The monoisotopic (exact) mass is 378 g/mol. The van der Waals surface area contributed by atoms with E-state index >= 15 is 0 Å². The molecule has 1 aliphatic heterocycles. The van der Waals surface area contributed by atoms with Gasteiger partial charge in [0, 0.05) is 23.4 Å². The quantitative estimate of drug-likeness (QED) is 0.652. The van der Waals surface area contributed by atoms with Gasteiger partial charge in [-0.2, -0.15) is 0 Å². The summed E-state index contributed by atoms with van der Waals surface area (Å²) in [5, 5.41) is 1.92. The number of aryl methyl sites for hydroxylation is 3. The molecule has 1 fully saturated rings. The third-order valence-corrected chi connectivity index (χ3v) is 6.68. The Bertz CT molecular complexity index is 834. The lowest BCUT2D eigenvalue weighted by molar-refractivity contribution is -0.132. The van der Waals surface area contributed by atoms with Gasteiger partial charge in [-0.05, 0) is 39.2 Å². The number of thiophene rings is 1. The molecule has 0 spiro atoms. The molecule has 8 heteroatoms. The molecule has 6 nitrogen and oxygen atoms in total. The summed E-state index contributed by atoms with van der Waals surface area (Å²) in [5.74, 6) is 0.520. The molecule has 1 atom stereocenters. The molecule has 3 rings (SSSR count). The third-order valence-electron chi connectivity index (χ3n) is 4.62. The van der Waals surface area contributed by atoms with E-state index in [-0.39, 0.29) is 17.7 Å². The molecule has 0 saturated carbocycles. The van der Waals surface area contributed by atoms with Crippen LogP contribution in [0.1, 0.15) is 29.1 Å². The van der Waals surface area contributed by atoms with Crippen LogP contribution in [0.15, 0.2) is 5.03 Å². The number of nitrogens with zero attached hydrogens (tertiary/aromatic N) is 3. The number of hydrogen-bond donors (Lipinski definition) is 1. The van der Waals surface area contributed by atoms with E-state index in [1.54, 1.807) is 16.2 Å². The fourth-order valence-corrected chi connectivity index (χ4v) is 5.25. The van der Waals surface area contributed by atoms with Crippen LogP contribution in [0.25, 0.3) is 10.2 Å². The number of hydrogen-bond acceptors (Lipinski definition) is 6. The molecule has 1 unspecified atom stereocenters. The van der Waals surface area contributed by atoms with Crippen LogP contribution in [-0.2, 0) is 9.59 Å². The van der Waals surface area contributed by atoms with Crippen LogP contribution in [0.5, 0.6) is 0 Å². The molecule has 3 heterocycles. The van der Waals surface area contributed by atoms with Gasteiger partial charge in [0.1, 0.15) is 15.7 Å². The Balaban J connectivity index is 1.74. The number of primary amides is 1. The van der Waals surface area contributed by atoms with E-state index in [0.29, 0.717) is 18.8 Å². The summed E-state index contributed by atoms with van der Waals surface area (Å²) in [4.78, 5) is 37.0. The molecular weight excluding hydrogens is 356 g/mol. The van der Waals surface area contributed by atoms with Crippen molar-refractivity contribution in [3.05, 3.63) is 16.3 Å². The molecule has 1 saturated heterocycles. The maximum atomic E-state index is 12.6. The van der Waals surface area contributed by atoms with Crippen molar-refractivity contribution >= 4 is 45.1 Å². The van der Waals surface area contributed by atoms with Crippen molar-refractivity contribution in [1.82, 2.24) is 14.9 Å². The number of thioether (sulfide) groups is 1. The van der Waals surface area contributed by atoms with Crippen LogP contribution in [0.4, 0.5) is 0 Å². The summed E-state index contributed by atoms with van der Waals surface area (Å²) in [7, 11) is 0. The number of carbonyl (C=O) groups is 2. The summed E-state index contributed by atoms with van der Waals surface area (Å²) >= 11 is 3.11. The van der Waals surface area contributed by atoms with Crippen LogP contribution in [0.3, 0.4) is 0 Å². The Labute approximate surface area is 155 Å². The van der Waals surface area contributed by atoms with Gasteiger partial charge in [0.25, 0.3) is 0 Å². The zero-order valence-corrected chi connectivity index (χ0v) is 16.3. The predicted molar refractivity (Wildman–Crippen MR) is 101 cm³/mol. The summed E-state index contributed by atoms with van der Waals surface area (Å²) in [6.45, 7) is 7.15. The molecule has 2 aromatic heterocycles. The standard InChI is InChI=1S/C17H22N4O2S2/c1-9-10(2)25-17-14(9)16(19-11(3)20-17)24-8-13(22)21-6-4-5-12(7-21)15(18)23/h12H,4-8H2,1-3H3,(H2,18,23). The first-order valence-electron chi connectivity index (χ1n) is 8.31. The van der Waals surface area contributed by atoms with E-state index < -0.39 is 0 Å². The largest absolute Gasteiger partial charge is 0.369 e. The average molecular weight is 379 g/mol. The van der Waals surface area contributed by atoms with E-state index in [2.05, 4.69) is 23.8 Å². The first-order valence-corrected chi connectivity index (χ1v) is 10.1. The molecule has 2 N–H and O–H groups in total. The number of nitrogens with two attached hydrogens (primary N) is 1. The summed E-state index contributed by atoms with van der Waals surface area (Å²) in [6.07, 6.45) is 1.59. The number of fused-ring (bicyclic) bond motifs is 1. The van der Waals surface area contributed by atoms with Crippen LogP contribution < -0.4 is 5.73 Å². The first-order chi connectivity index (χ1) is 11.9. The normalized spacial score (nSPS) is 17.9. The highest BCUT2D eigenvalue weighted by atomic mass is 32.2. The van der Waals surface area contributed by atoms with Gasteiger partial charge >= 0.3 is 0 Å². The van der Waals surface area contributed by atoms with Gasteiger partial charge in [0.15, 0.2) is 0 Å². The van der Waals surface area contributed by atoms with Crippen molar-refractivity contribution in [1.29, 1.82) is 0 Å². The van der Waals surface area contributed by atoms with Crippen LogP contribution >= 0.6 is 23.1 Å².